The minimum atomic E-state index is 0.353. The molecule has 3 fully saturated rings. The molecule has 4 rings (SSSR count). The molecule has 1 aliphatic carbocycles. The Morgan fingerprint density at radius 3 is 2.75 bits per heavy atom. The second kappa shape index (κ2) is 3.84. The zero-order chi connectivity index (χ0) is 11.1. The topological polar surface area (TPSA) is 51.0 Å². The van der Waals surface area contributed by atoms with Crippen LogP contribution >= 0.6 is 0 Å². The van der Waals surface area contributed by atoms with E-state index in [-0.39, 0.29) is 0 Å². The molecule has 0 amide bonds. The van der Waals surface area contributed by atoms with E-state index in [0.717, 1.165) is 17.6 Å². The van der Waals surface area contributed by atoms with E-state index in [0.29, 0.717) is 17.9 Å². The van der Waals surface area contributed by atoms with E-state index in [1.807, 2.05) is 0 Å². The van der Waals surface area contributed by atoms with Crippen LogP contribution in [0.2, 0.25) is 0 Å². The van der Waals surface area contributed by atoms with E-state index in [9.17, 15) is 0 Å². The number of hydrogen-bond acceptors (Lipinski definition) is 4. The largest absolute Gasteiger partial charge is 0.339 e. The Bertz CT molecular complexity index is 366. The molecule has 2 bridgehead atoms. The van der Waals surface area contributed by atoms with Gasteiger partial charge in [0.1, 0.15) is 0 Å². The van der Waals surface area contributed by atoms with E-state index in [1.165, 1.54) is 25.8 Å². The fourth-order valence-corrected chi connectivity index (χ4v) is 2.91. The first-order valence-electron chi connectivity index (χ1n) is 6.31. The predicted molar refractivity (Wildman–Crippen MR) is 60.3 cm³/mol. The Morgan fingerprint density at radius 2 is 2.25 bits per heavy atom. The molecule has 4 heteroatoms. The Hall–Kier alpha value is -0.900. The SMILES string of the molecule is CC(C)c1noc(C2CC3CCC2NC3)n1. The molecular weight excluding hydrogens is 202 g/mol. The minimum absolute atomic E-state index is 0.353. The van der Waals surface area contributed by atoms with Gasteiger partial charge in [-0.25, -0.2) is 0 Å². The zero-order valence-electron chi connectivity index (χ0n) is 9.94. The lowest BCUT2D eigenvalue weighted by atomic mass is 9.74. The molecule has 3 heterocycles. The molecule has 1 saturated carbocycles. The summed E-state index contributed by atoms with van der Waals surface area (Å²) in [7, 11) is 0. The molecule has 2 aliphatic heterocycles. The van der Waals surface area contributed by atoms with Crippen molar-refractivity contribution in [2.75, 3.05) is 6.54 Å². The van der Waals surface area contributed by atoms with Crippen LogP contribution < -0.4 is 5.32 Å². The lowest BCUT2D eigenvalue weighted by molar-refractivity contribution is 0.158. The Labute approximate surface area is 95.8 Å². The minimum Gasteiger partial charge on any atom is -0.339 e. The van der Waals surface area contributed by atoms with Gasteiger partial charge in [0.2, 0.25) is 5.89 Å². The van der Waals surface area contributed by atoms with Crippen molar-refractivity contribution in [3.63, 3.8) is 0 Å². The molecule has 88 valence electrons. The molecular formula is C12H19N3O. The van der Waals surface area contributed by atoms with Crippen molar-refractivity contribution in [3.05, 3.63) is 11.7 Å². The van der Waals surface area contributed by atoms with Crippen LogP contribution in [0.1, 0.15) is 56.7 Å². The van der Waals surface area contributed by atoms with Gasteiger partial charge in [-0.05, 0) is 31.7 Å². The third-order valence-electron chi connectivity index (χ3n) is 3.92. The third-order valence-corrected chi connectivity index (χ3v) is 3.92. The number of rotatable bonds is 2. The van der Waals surface area contributed by atoms with Gasteiger partial charge < -0.3 is 9.84 Å². The zero-order valence-corrected chi connectivity index (χ0v) is 9.94. The summed E-state index contributed by atoms with van der Waals surface area (Å²) in [5, 5.41) is 7.64. The molecule has 0 spiro atoms. The van der Waals surface area contributed by atoms with E-state index in [4.69, 9.17) is 4.52 Å². The Kier molecular flexibility index (Phi) is 2.46. The van der Waals surface area contributed by atoms with Crippen LogP contribution in [-0.2, 0) is 0 Å². The van der Waals surface area contributed by atoms with E-state index >= 15 is 0 Å². The maximum absolute atomic E-state index is 5.42. The van der Waals surface area contributed by atoms with Crippen molar-refractivity contribution in [1.29, 1.82) is 0 Å². The fraction of sp³-hybridized carbons (Fsp3) is 0.833. The average Bonchev–Trinajstić information content (AvgIpc) is 2.80. The summed E-state index contributed by atoms with van der Waals surface area (Å²) in [6.45, 7) is 5.37. The van der Waals surface area contributed by atoms with Crippen molar-refractivity contribution in [2.24, 2.45) is 5.92 Å². The highest BCUT2D eigenvalue weighted by atomic mass is 16.5. The van der Waals surface area contributed by atoms with Crippen molar-refractivity contribution in [1.82, 2.24) is 15.5 Å². The smallest absolute Gasteiger partial charge is 0.231 e. The molecule has 16 heavy (non-hydrogen) atoms. The number of nitrogens with one attached hydrogen (secondary N) is 1. The average molecular weight is 221 g/mol. The lowest BCUT2D eigenvalue weighted by Gasteiger charge is -2.41. The standard InChI is InChI=1S/C12H19N3O/c1-7(2)11-14-12(16-15-11)9-5-8-3-4-10(9)13-6-8/h7-10,13H,3-6H2,1-2H3. The van der Waals surface area contributed by atoms with Crippen molar-refractivity contribution in [2.45, 2.75) is 51.0 Å². The number of hydrogen-bond donors (Lipinski definition) is 1. The summed E-state index contributed by atoms with van der Waals surface area (Å²) >= 11 is 0. The van der Waals surface area contributed by atoms with Crippen LogP contribution in [-0.4, -0.2) is 22.7 Å². The molecule has 1 aromatic heterocycles. The van der Waals surface area contributed by atoms with Crippen LogP contribution in [0.15, 0.2) is 4.52 Å². The molecule has 0 radical (unpaired) electrons. The highest BCUT2D eigenvalue weighted by Crippen LogP contribution is 2.39. The fourth-order valence-electron chi connectivity index (χ4n) is 2.91. The summed E-state index contributed by atoms with van der Waals surface area (Å²) < 4.78 is 5.42. The summed E-state index contributed by atoms with van der Waals surface area (Å²) in [5.41, 5.74) is 0. The molecule has 3 unspecified atom stereocenters. The predicted octanol–water partition coefficient (Wildman–Crippen LogP) is 2.05. The maximum atomic E-state index is 5.42. The van der Waals surface area contributed by atoms with E-state index in [1.54, 1.807) is 0 Å². The second-order valence-corrected chi connectivity index (χ2v) is 5.45. The molecule has 0 aromatic carbocycles. The van der Waals surface area contributed by atoms with Crippen molar-refractivity contribution < 1.29 is 4.52 Å². The summed E-state index contributed by atoms with van der Waals surface area (Å²) in [6, 6.07) is 0.561. The molecule has 4 nitrogen and oxygen atoms in total. The van der Waals surface area contributed by atoms with Gasteiger partial charge >= 0.3 is 0 Å². The Morgan fingerprint density at radius 1 is 1.38 bits per heavy atom. The van der Waals surface area contributed by atoms with E-state index < -0.39 is 0 Å². The first-order chi connectivity index (χ1) is 7.74. The van der Waals surface area contributed by atoms with Gasteiger partial charge in [0.25, 0.3) is 0 Å². The highest BCUT2D eigenvalue weighted by molar-refractivity contribution is 5.06. The monoisotopic (exact) mass is 221 g/mol. The lowest BCUT2D eigenvalue weighted by Crippen LogP contribution is -2.49. The van der Waals surface area contributed by atoms with Crippen molar-refractivity contribution in [3.8, 4) is 0 Å². The quantitative estimate of drug-likeness (QED) is 0.830. The summed E-state index contributed by atoms with van der Waals surface area (Å²) in [6.07, 6.45) is 3.84. The Balaban J connectivity index is 1.81. The number of aromatic nitrogens is 2. The second-order valence-electron chi connectivity index (χ2n) is 5.45. The van der Waals surface area contributed by atoms with Gasteiger partial charge in [-0.15, -0.1) is 0 Å². The molecule has 1 N–H and O–H groups in total. The van der Waals surface area contributed by atoms with Gasteiger partial charge in [-0.1, -0.05) is 19.0 Å². The van der Waals surface area contributed by atoms with Crippen LogP contribution in [0.25, 0.3) is 0 Å². The summed E-state index contributed by atoms with van der Waals surface area (Å²) in [5.74, 6) is 3.31. The summed E-state index contributed by atoms with van der Waals surface area (Å²) in [4.78, 5) is 4.53. The number of fused-ring (bicyclic) bond motifs is 3. The van der Waals surface area contributed by atoms with Gasteiger partial charge in [-0.3, -0.25) is 0 Å². The van der Waals surface area contributed by atoms with E-state index in [2.05, 4.69) is 29.3 Å². The van der Waals surface area contributed by atoms with Crippen LogP contribution in [0.3, 0.4) is 0 Å². The maximum Gasteiger partial charge on any atom is 0.231 e. The first-order valence-corrected chi connectivity index (χ1v) is 6.31. The first kappa shape index (κ1) is 10.3. The van der Waals surface area contributed by atoms with Gasteiger partial charge in [0, 0.05) is 12.0 Å². The highest BCUT2D eigenvalue weighted by Gasteiger charge is 2.39. The third kappa shape index (κ3) is 1.65. The molecule has 3 aliphatic rings. The molecule has 2 saturated heterocycles. The van der Waals surface area contributed by atoms with Crippen molar-refractivity contribution >= 4 is 0 Å². The van der Waals surface area contributed by atoms with Gasteiger partial charge in [-0.2, -0.15) is 4.98 Å². The number of piperidine rings is 2. The van der Waals surface area contributed by atoms with Crippen LogP contribution in [0.4, 0.5) is 0 Å². The van der Waals surface area contributed by atoms with Gasteiger partial charge in [0.15, 0.2) is 5.82 Å². The number of nitrogens with zero attached hydrogens (tertiary/aromatic N) is 2. The molecule has 1 aromatic rings. The van der Waals surface area contributed by atoms with Gasteiger partial charge in [0.05, 0.1) is 5.92 Å². The van der Waals surface area contributed by atoms with Crippen LogP contribution in [0.5, 0.6) is 0 Å². The van der Waals surface area contributed by atoms with Crippen LogP contribution in [0, 0.1) is 5.92 Å². The molecule has 3 atom stereocenters. The normalized spacial score (nSPS) is 33.6.